The predicted molar refractivity (Wildman–Crippen MR) is 231 cm³/mol. The molecule has 0 unspecified atom stereocenters. The predicted octanol–water partition coefficient (Wildman–Crippen LogP) is 14.6. The van der Waals surface area contributed by atoms with Crippen LogP contribution in [0.15, 0.2) is 211 Å². The summed E-state index contributed by atoms with van der Waals surface area (Å²) in [4.78, 5) is 2.38. The van der Waals surface area contributed by atoms with Crippen LogP contribution in [0, 0.1) is 0 Å². The van der Waals surface area contributed by atoms with Gasteiger partial charge >= 0.3 is 0 Å². The van der Waals surface area contributed by atoms with Gasteiger partial charge in [0.05, 0.1) is 22.1 Å². The third kappa shape index (κ3) is 5.13. The molecule has 11 aromatic rings. The van der Waals surface area contributed by atoms with E-state index < -0.39 is 0 Å². The molecule has 258 valence electrons. The summed E-state index contributed by atoms with van der Waals surface area (Å²) in [6, 6.07) is 73.8. The van der Waals surface area contributed by atoms with Crippen LogP contribution in [0.1, 0.15) is 0 Å². The second-order valence-corrected chi connectivity index (χ2v) is 14.1. The summed E-state index contributed by atoms with van der Waals surface area (Å²) in [7, 11) is 0. The molecule has 55 heavy (non-hydrogen) atoms. The Morgan fingerprint density at radius 3 is 1.80 bits per heavy atom. The number of para-hydroxylation sites is 3. The number of benzene rings is 9. The molecule has 0 bridgehead atoms. The Morgan fingerprint density at radius 2 is 1.02 bits per heavy atom. The van der Waals surface area contributed by atoms with Crippen molar-refractivity contribution < 1.29 is 4.42 Å². The molecule has 2 heterocycles. The highest BCUT2D eigenvalue weighted by atomic mass is 16.3. The highest BCUT2D eigenvalue weighted by Gasteiger charge is 2.23. The molecule has 0 saturated heterocycles. The van der Waals surface area contributed by atoms with Crippen molar-refractivity contribution in [1.29, 1.82) is 0 Å². The zero-order valence-corrected chi connectivity index (χ0v) is 29.9. The van der Waals surface area contributed by atoms with E-state index >= 15 is 0 Å². The standard InChI is InChI=1S/C52H34N2O/c1-2-13-35(14-3-1)37-25-28-40(29-26-37)53(42-30-27-36-15-4-5-16-38(36)33-42)49-32-31-43(52-51(49)46-21-8-11-24-50(46)55-52)39-17-12-18-41(34-39)54-47-22-9-6-19-44(47)45-20-7-10-23-48(45)54/h1-34H. The maximum absolute atomic E-state index is 6.89. The van der Waals surface area contributed by atoms with Crippen LogP contribution < -0.4 is 4.90 Å². The van der Waals surface area contributed by atoms with Gasteiger partial charge in [-0.1, -0.05) is 140 Å². The van der Waals surface area contributed by atoms with Crippen LogP contribution in [-0.4, -0.2) is 4.57 Å². The fourth-order valence-corrected chi connectivity index (χ4v) is 8.41. The molecule has 0 aliphatic carbocycles. The average molecular weight is 703 g/mol. The molecule has 11 rings (SSSR count). The molecule has 0 N–H and O–H groups in total. The van der Waals surface area contributed by atoms with Crippen LogP contribution in [0.4, 0.5) is 17.1 Å². The van der Waals surface area contributed by atoms with Crippen molar-refractivity contribution in [3.05, 3.63) is 206 Å². The van der Waals surface area contributed by atoms with E-state index in [2.05, 4.69) is 216 Å². The maximum Gasteiger partial charge on any atom is 0.145 e. The number of nitrogens with zero attached hydrogens (tertiary/aromatic N) is 2. The Morgan fingerprint density at radius 1 is 0.400 bits per heavy atom. The molecule has 0 radical (unpaired) electrons. The van der Waals surface area contributed by atoms with Crippen molar-refractivity contribution in [1.82, 2.24) is 4.57 Å². The van der Waals surface area contributed by atoms with Gasteiger partial charge in [0, 0.05) is 38.8 Å². The van der Waals surface area contributed by atoms with Crippen molar-refractivity contribution in [3.8, 4) is 27.9 Å². The average Bonchev–Trinajstić information content (AvgIpc) is 3.81. The first-order chi connectivity index (χ1) is 27.3. The molecule has 0 aliphatic rings. The SMILES string of the molecule is c1ccc(-c2ccc(N(c3ccc4ccccc4c3)c3ccc(-c4cccc(-n5c6ccccc6c6ccccc65)c4)c4oc5ccccc5c34)cc2)cc1. The van der Waals surface area contributed by atoms with E-state index in [9.17, 15) is 0 Å². The van der Waals surface area contributed by atoms with Gasteiger partial charge in [-0.05, 0) is 94.2 Å². The first-order valence-corrected chi connectivity index (χ1v) is 18.8. The van der Waals surface area contributed by atoms with E-state index in [4.69, 9.17) is 4.42 Å². The van der Waals surface area contributed by atoms with Crippen LogP contribution >= 0.6 is 0 Å². The molecule has 0 aliphatic heterocycles. The number of anilines is 3. The number of furan rings is 1. The van der Waals surface area contributed by atoms with E-state index in [1.807, 2.05) is 0 Å². The van der Waals surface area contributed by atoms with Crippen molar-refractivity contribution in [2.24, 2.45) is 0 Å². The van der Waals surface area contributed by atoms with Crippen LogP contribution in [-0.2, 0) is 0 Å². The molecular weight excluding hydrogens is 669 g/mol. The number of fused-ring (bicyclic) bond motifs is 7. The number of hydrogen-bond donors (Lipinski definition) is 0. The Bertz CT molecular complexity index is 3150. The van der Waals surface area contributed by atoms with E-state index in [1.54, 1.807) is 0 Å². The summed E-state index contributed by atoms with van der Waals surface area (Å²) in [5, 5.41) is 7.06. The van der Waals surface area contributed by atoms with Crippen molar-refractivity contribution >= 4 is 71.6 Å². The molecular formula is C52H34N2O. The molecule has 2 aromatic heterocycles. The van der Waals surface area contributed by atoms with Gasteiger partial charge in [0.15, 0.2) is 0 Å². The molecule has 0 saturated carbocycles. The van der Waals surface area contributed by atoms with Gasteiger partial charge in [0.2, 0.25) is 0 Å². The van der Waals surface area contributed by atoms with Gasteiger partial charge < -0.3 is 13.9 Å². The van der Waals surface area contributed by atoms with Gasteiger partial charge in [-0.2, -0.15) is 0 Å². The third-order valence-electron chi connectivity index (χ3n) is 11.0. The smallest absolute Gasteiger partial charge is 0.145 e. The highest BCUT2D eigenvalue weighted by molar-refractivity contribution is 6.17. The Balaban J connectivity index is 1.13. The fraction of sp³-hybridized carbons (Fsp3) is 0. The summed E-state index contributed by atoms with van der Waals surface area (Å²) < 4.78 is 9.26. The lowest BCUT2D eigenvalue weighted by Gasteiger charge is -2.27. The van der Waals surface area contributed by atoms with E-state index in [0.29, 0.717) is 0 Å². The molecule has 9 aromatic carbocycles. The first-order valence-electron chi connectivity index (χ1n) is 18.8. The quantitative estimate of drug-likeness (QED) is 0.172. The Hall–Kier alpha value is -7.36. The molecule has 0 fully saturated rings. The minimum absolute atomic E-state index is 0.864. The normalized spacial score (nSPS) is 11.6. The minimum Gasteiger partial charge on any atom is -0.455 e. The topological polar surface area (TPSA) is 21.3 Å². The van der Waals surface area contributed by atoms with Gasteiger partial charge in [0.1, 0.15) is 11.2 Å². The van der Waals surface area contributed by atoms with Crippen molar-refractivity contribution in [2.75, 3.05) is 4.90 Å². The first kappa shape index (κ1) is 31.2. The van der Waals surface area contributed by atoms with Crippen LogP contribution in [0.5, 0.6) is 0 Å². The molecule has 3 nitrogen and oxygen atoms in total. The summed E-state index contributed by atoms with van der Waals surface area (Å²) >= 11 is 0. The van der Waals surface area contributed by atoms with Gasteiger partial charge in [-0.3, -0.25) is 0 Å². The number of aromatic nitrogens is 1. The third-order valence-corrected chi connectivity index (χ3v) is 11.0. The van der Waals surface area contributed by atoms with Crippen molar-refractivity contribution in [3.63, 3.8) is 0 Å². The summed E-state index contributed by atoms with van der Waals surface area (Å²) in [5.41, 5.74) is 13.0. The highest BCUT2D eigenvalue weighted by Crippen LogP contribution is 2.47. The summed E-state index contributed by atoms with van der Waals surface area (Å²) in [6.07, 6.45) is 0. The maximum atomic E-state index is 6.89. The van der Waals surface area contributed by atoms with Crippen LogP contribution in [0.2, 0.25) is 0 Å². The Kier molecular flexibility index (Phi) is 7.17. The number of rotatable bonds is 6. The summed E-state index contributed by atoms with van der Waals surface area (Å²) in [6.45, 7) is 0. The van der Waals surface area contributed by atoms with E-state index in [1.165, 1.54) is 43.7 Å². The zero-order chi connectivity index (χ0) is 36.3. The minimum atomic E-state index is 0.864. The second-order valence-electron chi connectivity index (χ2n) is 14.1. The second kappa shape index (κ2) is 12.6. The lowest BCUT2D eigenvalue weighted by atomic mass is 9.99. The van der Waals surface area contributed by atoms with E-state index in [0.717, 1.165) is 55.8 Å². The fourth-order valence-electron chi connectivity index (χ4n) is 8.41. The molecule has 0 spiro atoms. The van der Waals surface area contributed by atoms with Gasteiger partial charge in [0.25, 0.3) is 0 Å². The molecule has 0 amide bonds. The van der Waals surface area contributed by atoms with Gasteiger partial charge in [-0.25, -0.2) is 0 Å². The van der Waals surface area contributed by atoms with E-state index in [-0.39, 0.29) is 0 Å². The lowest BCUT2D eigenvalue weighted by Crippen LogP contribution is -2.10. The number of hydrogen-bond acceptors (Lipinski definition) is 2. The molecule has 3 heteroatoms. The monoisotopic (exact) mass is 702 g/mol. The zero-order valence-electron chi connectivity index (χ0n) is 29.9. The lowest BCUT2D eigenvalue weighted by molar-refractivity contribution is 0.670. The van der Waals surface area contributed by atoms with Crippen LogP contribution in [0.25, 0.3) is 82.5 Å². The molecule has 0 atom stereocenters. The van der Waals surface area contributed by atoms with Crippen molar-refractivity contribution in [2.45, 2.75) is 0 Å². The van der Waals surface area contributed by atoms with Gasteiger partial charge in [-0.15, -0.1) is 0 Å². The Labute approximate surface area is 318 Å². The summed E-state index contributed by atoms with van der Waals surface area (Å²) in [5.74, 6) is 0. The van der Waals surface area contributed by atoms with Crippen LogP contribution in [0.3, 0.4) is 0 Å². The largest absolute Gasteiger partial charge is 0.455 e.